The van der Waals surface area contributed by atoms with Crippen molar-refractivity contribution in [3.63, 3.8) is 0 Å². The molecule has 2 atom stereocenters. The van der Waals surface area contributed by atoms with E-state index < -0.39 is 0 Å². The van der Waals surface area contributed by atoms with Crippen LogP contribution in [0.1, 0.15) is 33.9 Å². The maximum atomic E-state index is 10.3. The summed E-state index contributed by atoms with van der Waals surface area (Å²) in [5.74, 6) is 1.23. The topological polar surface area (TPSA) is 48.1 Å². The van der Waals surface area contributed by atoms with Crippen molar-refractivity contribution in [1.29, 1.82) is 0 Å². The van der Waals surface area contributed by atoms with Crippen LogP contribution in [0.4, 0.5) is 0 Å². The minimum atomic E-state index is -0.260. The lowest BCUT2D eigenvalue weighted by atomic mass is 10.1. The fourth-order valence-corrected chi connectivity index (χ4v) is 2.83. The first-order valence-corrected chi connectivity index (χ1v) is 9.59. The summed E-state index contributed by atoms with van der Waals surface area (Å²) in [5, 5.41) is 0. The fraction of sp³-hybridized carbons (Fsp3) is 0.240. The number of hydrogen-bond acceptors (Lipinski definition) is 4. The largest absolute Gasteiger partial charge is 0.461 e. The van der Waals surface area contributed by atoms with Crippen molar-refractivity contribution in [3.8, 4) is 11.5 Å². The summed E-state index contributed by atoms with van der Waals surface area (Å²) in [6.07, 6.45) is -0.278. The molecule has 1 fully saturated rings. The number of carbonyl (C=O) groups is 1. The first kappa shape index (κ1) is 20.6. The number of rotatable bonds is 5. The van der Waals surface area contributed by atoms with Crippen molar-refractivity contribution in [2.24, 2.45) is 0 Å². The molecule has 4 rings (SSSR count). The molecule has 4 nitrogen and oxygen atoms in total. The smallest absolute Gasteiger partial charge is 0.298 e. The average Bonchev–Trinajstić information content (AvgIpc) is 3.47. The molecule has 0 spiro atoms. The van der Waals surface area contributed by atoms with E-state index in [9.17, 15) is 4.79 Å². The average molecular weight is 390 g/mol. The lowest BCUT2D eigenvalue weighted by Crippen LogP contribution is -2.02. The Labute approximate surface area is 172 Å². The quantitative estimate of drug-likeness (QED) is 0.419. The van der Waals surface area contributed by atoms with Crippen LogP contribution < -0.4 is 9.47 Å². The zero-order valence-electron chi connectivity index (χ0n) is 17.2. The van der Waals surface area contributed by atoms with E-state index in [-0.39, 0.29) is 12.4 Å². The highest BCUT2D eigenvalue weighted by molar-refractivity contribution is 5.48. The molecule has 3 aromatic carbocycles. The first-order chi connectivity index (χ1) is 14.0. The number of aryl methyl sites for hydroxylation is 4. The van der Waals surface area contributed by atoms with Gasteiger partial charge in [-0.05, 0) is 57.0 Å². The molecule has 0 radical (unpaired) electrons. The van der Waals surface area contributed by atoms with Crippen LogP contribution in [0.5, 0.6) is 11.5 Å². The van der Waals surface area contributed by atoms with Crippen LogP contribution >= 0.6 is 0 Å². The lowest BCUT2D eigenvalue weighted by molar-refractivity contribution is -0.120. The third-order valence-electron chi connectivity index (χ3n) is 4.65. The summed E-state index contributed by atoms with van der Waals surface area (Å²) in [6, 6.07) is 21.9. The van der Waals surface area contributed by atoms with Crippen molar-refractivity contribution in [3.05, 3.63) is 94.5 Å². The molecular formula is C25H26O4. The molecule has 0 aromatic heterocycles. The van der Waals surface area contributed by atoms with Gasteiger partial charge in [-0.15, -0.1) is 0 Å². The molecule has 3 aromatic rings. The molecule has 0 aliphatic carbocycles. The molecule has 1 aliphatic rings. The second-order valence-corrected chi connectivity index (χ2v) is 7.25. The summed E-state index contributed by atoms with van der Waals surface area (Å²) >= 11 is 0. The second kappa shape index (κ2) is 9.39. The van der Waals surface area contributed by atoms with Crippen molar-refractivity contribution >= 4 is 6.47 Å². The molecule has 29 heavy (non-hydrogen) atoms. The van der Waals surface area contributed by atoms with Gasteiger partial charge >= 0.3 is 0 Å². The van der Waals surface area contributed by atoms with Gasteiger partial charge in [-0.25, -0.2) is 0 Å². The molecule has 0 amide bonds. The Kier molecular flexibility index (Phi) is 6.68. The molecule has 0 saturated carbocycles. The van der Waals surface area contributed by atoms with E-state index in [2.05, 4.69) is 69.3 Å². The normalized spacial score (nSPS) is 17.0. The molecule has 2 unspecified atom stereocenters. The van der Waals surface area contributed by atoms with Crippen LogP contribution in [-0.2, 0) is 9.53 Å². The number of benzene rings is 3. The zero-order valence-corrected chi connectivity index (χ0v) is 17.2. The third-order valence-corrected chi connectivity index (χ3v) is 4.65. The van der Waals surface area contributed by atoms with E-state index in [0.29, 0.717) is 12.2 Å². The molecule has 1 saturated heterocycles. The van der Waals surface area contributed by atoms with Gasteiger partial charge < -0.3 is 14.2 Å². The van der Waals surface area contributed by atoms with Crippen molar-refractivity contribution in [1.82, 2.24) is 0 Å². The fourth-order valence-electron chi connectivity index (χ4n) is 2.83. The molecule has 0 N–H and O–H groups in total. The van der Waals surface area contributed by atoms with Gasteiger partial charge in [0.15, 0.2) is 0 Å². The number of carbonyl (C=O) groups excluding carboxylic acids is 1. The Morgan fingerprint density at radius 3 is 1.86 bits per heavy atom. The summed E-state index contributed by atoms with van der Waals surface area (Å²) < 4.78 is 16.2. The van der Waals surface area contributed by atoms with Gasteiger partial charge in [-0.1, -0.05) is 65.2 Å². The Balaban J connectivity index is 0.000000252. The molecule has 4 heteroatoms. The molecule has 150 valence electrons. The van der Waals surface area contributed by atoms with Crippen LogP contribution in [0, 0.1) is 27.7 Å². The maximum Gasteiger partial charge on any atom is 0.298 e. The van der Waals surface area contributed by atoms with E-state index in [0.717, 1.165) is 16.9 Å². The van der Waals surface area contributed by atoms with E-state index >= 15 is 0 Å². The number of ether oxygens (including phenoxy) is 3. The highest BCUT2D eigenvalue weighted by Gasteiger charge is 2.42. The van der Waals surface area contributed by atoms with Crippen molar-refractivity contribution < 1.29 is 19.0 Å². The van der Waals surface area contributed by atoms with Gasteiger partial charge in [0, 0.05) is 0 Å². The Bertz CT molecular complexity index is 925. The monoisotopic (exact) mass is 390 g/mol. The maximum absolute atomic E-state index is 10.3. The van der Waals surface area contributed by atoms with Crippen molar-refractivity contribution in [2.45, 2.75) is 40.1 Å². The molecule has 1 aliphatic heterocycles. The van der Waals surface area contributed by atoms with Gasteiger partial charge in [-0.2, -0.15) is 0 Å². The Hall–Kier alpha value is -3.11. The predicted octanol–water partition coefficient (Wildman–Crippen LogP) is 5.62. The van der Waals surface area contributed by atoms with Crippen molar-refractivity contribution in [2.75, 3.05) is 0 Å². The van der Waals surface area contributed by atoms with Gasteiger partial charge in [0.25, 0.3) is 6.47 Å². The van der Waals surface area contributed by atoms with Gasteiger partial charge in [-0.3, -0.25) is 4.79 Å². The van der Waals surface area contributed by atoms with E-state index in [1.165, 1.54) is 16.7 Å². The Morgan fingerprint density at radius 1 is 0.793 bits per heavy atom. The summed E-state index contributed by atoms with van der Waals surface area (Å²) in [6.45, 7) is 8.56. The van der Waals surface area contributed by atoms with E-state index in [4.69, 9.17) is 14.2 Å². The second-order valence-electron chi connectivity index (χ2n) is 7.25. The lowest BCUT2D eigenvalue weighted by Gasteiger charge is -2.07. The van der Waals surface area contributed by atoms with Crippen LogP contribution in [0.25, 0.3) is 0 Å². The van der Waals surface area contributed by atoms with Crippen LogP contribution in [-0.4, -0.2) is 12.8 Å². The minimum Gasteiger partial charge on any atom is -0.461 e. The standard InChI is InChI=1S/C17H16O4.C8H10/c1-11-3-5-13(6-4-11)16-17(21-16)20-15-8-7-14(19-10-18)9-12(15)2;1-7-3-5-8(2)6-4-7/h3-10,16-17H,1-2H3;3-6H,1-2H3. The summed E-state index contributed by atoms with van der Waals surface area (Å²) in [5.41, 5.74) is 5.89. The summed E-state index contributed by atoms with van der Waals surface area (Å²) in [4.78, 5) is 10.3. The van der Waals surface area contributed by atoms with E-state index in [1.54, 1.807) is 18.2 Å². The van der Waals surface area contributed by atoms with Gasteiger partial charge in [0.1, 0.15) is 17.6 Å². The number of hydrogen-bond donors (Lipinski definition) is 0. The van der Waals surface area contributed by atoms with Gasteiger partial charge in [0.2, 0.25) is 6.29 Å². The molecule has 0 bridgehead atoms. The zero-order chi connectivity index (χ0) is 20.8. The van der Waals surface area contributed by atoms with Crippen LogP contribution in [0.2, 0.25) is 0 Å². The third kappa shape index (κ3) is 5.93. The Morgan fingerprint density at radius 2 is 1.34 bits per heavy atom. The van der Waals surface area contributed by atoms with Gasteiger partial charge in [0.05, 0.1) is 0 Å². The predicted molar refractivity (Wildman–Crippen MR) is 113 cm³/mol. The first-order valence-electron chi connectivity index (χ1n) is 9.59. The minimum absolute atomic E-state index is 0.0177. The highest BCUT2D eigenvalue weighted by Crippen LogP contribution is 2.40. The molecule has 1 heterocycles. The molecular weight excluding hydrogens is 364 g/mol. The SMILES string of the molecule is Cc1ccc(C)cc1.Cc1ccc(C2OC2Oc2ccc(OC=O)cc2C)cc1. The summed E-state index contributed by atoms with van der Waals surface area (Å²) in [7, 11) is 0. The van der Waals surface area contributed by atoms with Crippen LogP contribution in [0.3, 0.4) is 0 Å². The number of epoxide rings is 1. The van der Waals surface area contributed by atoms with E-state index in [1.807, 2.05) is 6.92 Å². The van der Waals surface area contributed by atoms with Crippen LogP contribution in [0.15, 0.2) is 66.7 Å². The highest BCUT2D eigenvalue weighted by atomic mass is 16.8.